The van der Waals surface area contributed by atoms with Gasteiger partial charge in [0.2, 0.25) is 5.43 Å². The van der Waals surface area contributed by atoms with E-state index in [0.717, 1.165) is 22.9 Å². The molecular formula is C12H10F2N2O2. The Kier molecular flexibility index (Phi) is 3.36. The molecule has 0 aliphatic carbocycles. The summed E-state index contributed by atoms with van der Waals surface area (Å²) in [4.78, 5) is 22.5. The molecule has 1 heterocycles. The van der Waals surface area contributed by atoms with Gasteiger partial charge in [0.15, 0.2) is 0 Å². The van der Waals surface area contributed by atoms with Crippen molar-refractivity contribution in [1.82, 2.24) is 9.78 Å². The summed E-state index contributed by atoms with van der Waals surface area (Å²) >= 11 is 0. The van der Waals surface area contributed by atoms with E-state index in [1.807, 2.05) is 0 Å². The summed E-state index contributed by atoms with van der Waals surface area (Å²) in [6, 6.07) is 4.37. The van der Waals surface area contributed by atoms with Crippen LogP contribution < -0.4 is 11.0 Å². The van der Waals surface area contributed by atoms with Crippen molar-refractivity contribution in [3.8, 4) is 0 Å². The molecule has 1 aromatic heterocycles. The molecule has 0 saturated heterocycles. The van der Waals surface area contributed by atoms with Crippen molar-refractivity contribution < 1.29 is 8.78 Å². The van der Waals surface area contributed by atoms with Crippen LogP contribution in [0.5, 0.6) is 0 Å². The van der Waals surface area contributed by atoms with Crippen LogP contribution in [-0.2, 0) is 13.0 Å². The zero-order valence-corrected chi connectivity index (χ0v) is 9.32. The number of halogens is 2. The maximum Gasteiger partial charge on any atom is 0.312 e. The van der Waals surface area contributed by atoms with E-state index in [1.165, 1.54) is 12.3 Å². The van der Waals surface area contributed by atoms with Gasteiger partial charge in [-0.25, -0.2) is 13.5 Å². The third-order valence-electron chi connectivity index (χ3n) is 2.54. The minimum absolute atomic E-state index is 0.122. The minimum atomic E-state index is -0.694. The van der Waals surface area contributed by atoms with E-state index in [1.54, 1.807) is 0 Å². The largest absolute Gasteiger partial charge is 0.312 e. The lowest BCUT2D eigenvalue weighted by Gasteiger charge is -2.05. The van der Waals surface area contributed by atoms with E-state index in [0.29, 0.717) is 0 Å². The lowest BCUT2D eigenvalue weighted by molar-refractivity contribution is 0.540. The van der Waals surface area contributed by atoms with Crippen molar-refractivity contribution in [2.45, 2.75) is 13.0 Å². The molecule has 94 valence electrons. The number of benzene rings is 1. The van der Waals surface area contributed by atoms with Crippen LogP contribution in [0.2, 0.25) is 0 Å². The van der Waals surface area contributed by atoms with Crippen molar-refractivity contribution in [2.24, 2.45) is 0 Å². The molecule has 18 heavy (non-hydrogen) atoms. The van der Waals surface area contributed by atoms with E-state index in [2.05, 4.69) is 5.10 Å². The minimum Gasteiger partial charge on any atom is -0.303 e. The lowest BCUT2D eigenvalue weighted by Crippen LogP contribution is -2.35. The van der Waals surface area contributed by atoms with E-state index in [-0.39, 0.29) is 18.5 Å². The van der Waals surface area contributed by atoms with Crippen molar-refractivity contribution in [2.75, 3.05) is 0 Å². The topological polar surface area (TPSA) is 54.9 Å². The van der Waals surface area contributed by atoms with Crippen LogP contribution in [0.1, 0.15) is 5.56 Å². The number of nitrogens with zero attached hydrogens (tertiary/aromatic N) is 1. The summed E-state index contributed by atoms with van der Waals surface area (Å²) in [6.45, 7) is 0.122. The first-order valence-electron chi connectivity index (χ1n) is 5.30. The van der Waals surface area contributed by atoms with Crippen LogP contribution in [0.4, 0.5) is 8.78 Å². The van der Waals surface area contributed by atoms with Crippen LogP contribution in [-0.4, -0.2) is 9.78 Å². The van der Waals surface area contributed by atoms with Gasteiger partial charge in [0.05, 0.1) is 0 Å². The summed E-state index contributed by atoms with van der Waals surface area (Å²) in [5.41, 5.74) is -1.04. The summed E-state index contributed by atoms with van der Waals surface area (Å²) in [5, 5.41) is 2.59. The quantitative estimate of drug-likeness (QED) is 0.830. The Labute approximate surface area is 100 Å². The maximum atomic E-state index is 13.3. The number of aryl methyl sites for hydroxylation is 2. The number of rotatable bonds is 3. The summed E-state index contributed by atoms with van der Waals surface area (Å²) in [6.07, 6.45) is 1.52. The molecule has 0 aliphatic rings. The highest BCUT2D eigenvalue weighted by Gasteiger charge is 2.05. The van der Waals surface area contributed by atoms with Crippen LogP contribution in [0.15, 0.2) is 40.1 Å². The van der Waals surface area contributed by atoms with E-state index in [9.17, 15) is 18.4 Å². The Bertz CT molecular complexity index is 676. The first-order valence-corrected chi connectivity index (χ1v) is 5.30. The fourth-order valence-electron chi connectivity index (χ4n) is 1.59. The standard InChI is InChI=1S/C12H10F2N2O2/c13-9-2-1-8(10(14)7-9)4-6-16-12(18)11(17)3-5-15-16/h1-3,5,7,15H,4,6H2. The average molecular weight is 252 g/mol. The molecule has 2 rings (SSSR count). The second kappa shape index (κ2) is 4.95. The first kappa shape index (κ1) is 12.2. The molecular weight excluding hydrogens is 242 g/mol. The van der Waals surface area contributed by atoms with E-state index in [4.69, 9.17) is 0 Å². The predicted molar refractivity (Wildman–Crippen MR) is 61.4 cm³/mol. The van der Waals surface area contributed by atoms with Crippen molar-refractivity contribution in [3.63, 3.8) is 0 Å². The van der Waals surface area contributed by atoms with Crippen molar-refractivity contribution >= 4 is 0 Å². The molecule has 0 atom stereocenters. The first-order chi connectivity index (χ1) is 8.58. The van der Waals surface area contributed by atoms with Gasteiger partial charge in [-0.1, -0.05) is 6.07 Å². The summed E-state index contributed by atoms with van der Waals surface area (Å²) in [5.74, 6) is -1.32. The fraction of sp³-hybridized carbons (Fsp3) is 0.167. The Morgan fingerprint density at radius 3 is 2.67 bits per heavy atom. The van der Waals surface area contributed by atoms with Crippen molar-refractivity contribution in [1.29, 1.82) is 0 Å². The Hall–Kier alpha value is -2.24. The van der Waals surface area contributed by atoms with Gasteiger partial charge in [-0.2, -0.15) is 0 Å². The van der Waals surface area contributed by atoms with Gasteiger partial charge < -0.3 is 5.10 Å². The molecule has 6 heteroatoms. The normalized spacial score (nSPS) is 10.6. The molecule has 1 N–H and O–H groups in total. The Morgan fingerprint density at radius 2 is 1.94 bits per heavy atom. The number of hydrogen-bond acceptors (Lipinski definition) is 2. The number of H-pyrrole nitrogens is 1. The van der Waals surface area contributed by atoms with Gasteiger partial charge in [0.25, 0.3) is 0 Å². The van der Waals surface area contributed by atoms with Gasteiger partial charge in [0.1, 0.15) is 11.6 Å². The van der Waals surface area contributed by atoms with Crippen molar-refractivity contribution in [3.05, 3.63) is 68.2 Å². The van der Waals surface area contributed by atoms with Gasteiger partial charge in [-0.3, -0.25) is 9.59 Å². The third kappa shape index (κ3) is 2.53. The average Bonchev–Trinajstić information content (AvgIpc) is 2.33. The number of aromatic amines is 1. The summed E-state index contributed by atoms with van der Waals surface area (Å²) in [7, 11) is 0. The fourth-order valence-corrected chi connectivity index (χ4v) is 1.59. The zero-order valence-electron chi connectivity index (χ0n) is 9.32. The Morgan fingerprint density at radius 1 is 1.17 bits per heavy atom. The molecule has 0 spiro atoms. The number of nitrogens with one attached hydrogen (secondary N) is 1. The van der Waals surface area contributed by atoms with Crippen LogP contribution >= 0.6 is 0 Å². The highest BCUT2D eigenvalue weighted by atomic mass is 19.1. The Balaban J connectivity index is 2.19. The molecule has 0 fully saturated rings. The molecule has 0 aliphatic heterocycles. The van der Waals surface area contributed by atoms with E-state index < -0.39 is 22.6 Å². The van der Waals surface area contributed by atoms with Crippen LogP contribution in [0, 0.1) is 11.6 Å². The zero-order chi connectivity index (χ0) is 13.1. The molecule has 0 saturated carbocycles. The number of hydrogen-bond donors (Lipinski definition) is 1. The highest BCUT2D eigenvalue weighted by molar-refractivity contribution is 5.18. The molecule has 2 aromatic rings. The van der Waals surface area contributed by atoms with Gasteiger partial charge >= 0.3 is 5.56 Å². The van der Waals surface area contributed by atoms with E-state index >= 15 is 0 Å². The third-order valence-corrected chi connectivity index (χ3v) is 2.54. The lowest BCUT2D eigenvalue weighted by atomic mass is 10.1. The highest BCUT2D eigenvalue weighted by Crippen LogP contribution is 2.10. The molecule has 0 unspecified atom stereocenters. The smallest absolute Gasteiger partial charge is 0.303 e. The predicted octanol–water partition coefficient (Wildman–Crippen LogP) is 1.06. The monoisotopic (exact) mass is 252 g/mol. The molecule has 4 nitrogen and oxygen atoms in total. The van der Waals surface area contributed by atoms with Crippen LogP contribution in [0.3, 0.4) is 0 Å². The second-order valence-electron chi connectivity index (χ2n) is 3.77. The molecule has 0 amide bonds. The van der Waals surface area contributed by atoms with Gasteiger partial charge in [0, 0.05) is 24.9 Å². The number of aromatic nitrogens is 2. The van der Waals surface area contributed by atoms with Crippen LogP contribution in [0.25, 0.3) is 0 Å². The molecule has 0 radical (unpaired) electrons. The maximum absolute atomic E-state index is 13.3. The SMILES string of the molecule is O=c1cc[nH]n(CCc2ccc(F)cc2F)c1=O. The summed E-state index contributed by atoms with van der Waals surface area (Å²) < 4.78 is 27.1. The molecule has 0 bridgehead atoms. The molecule has 1 aromatic carbocycles. The van der Waals surface area contributed by atoms with Gasteiger partial charge in [-0.15, -0.1) is 0 Å². The second-order valence-corrected chi connectivity index (χ2v) is 3.77. The van der Waals surface area contributed by atoms with Gasteiger partial charge in [-0.05, 0) is 18.1 Å².